The first-order chi connectivity index (χ1) is 18.9. The summed E-state index contributed by atoms with van der Waals surface area (Å²) in [5, 5.41) is 22.4. The highest BCUT2D eigenvalue weighted by Crippen LogP contribution is 2.43. The maximum Gasteiger partial charge on any atom is 0.134 e. The van der Waals surface area contributed by atoms with Gasteiger partial charge in [-0.15, -0.1) is 0 Å². The van der Waals surface area contributed by atoms with E-state index in [1.807, 2.05) is 97.1 Å². The van der Waals surface area contributed by atoms with E-state index in [1.165, 1.54) is 0 Å². The smallest absolute Gasteiger partial charge is 0.134 e. The Morgan fingerprint density at radius 1 is 0.550 bits per heavy atom. The van der Waals surface area contributed by atoms with Crippen molar-refractivity contribution in [1.29, 1.82) is 0 Å². The molecular formula is C36H40O4. The maximum absolute atomic E-state index is 11.2. The second kappa shape index (κ2) is 10.8. The average molecular weight is 537 g/mol. The van der Waals surface area contributed by atoms with Crippen LogP contribution in [0.15, 0.2) is 120 Å². The minimum atomic E-state index is -0.708. The van der Waals surface area contributed by atoms with Gasteiger partial charge in [0.1, 0.15) is 23.0 Å². The van der Waals surface area contributed by atoms with Crippen LogP contribution in [0.1, 0.15) is 52.7 Å². The molecule has 0 radical (unpaired) electrons. The number of aliphatic hydroxyl groups excluding tert-OH is 2. The summed E-state index contributed by atoms with van der Waals surface area (Å²) in [5.41, 5.74) is 3.44. The van der Waals surface area contributed by atoms with Crippen molar-refractivity contribution in [2.75, 3.05) is 0 Å². The quantitative estimate of drug-likeness (QED) is 0.418. The van der Waals surface area contributed by atoms with Gasteiger partial charge >= 0.3 is 0 Å². The van der Waals surface area contributed by atoms with Crippen LogP contribution < -0.4 is 0 Å². The number of allylic oxidation sites excluding steroid dienone is 8. The van der Waals surface area contributed by atoms with E-state index in [2.05, 4.69) is 41.5 Å². The molecule has 0 aromatic heterocycles. The van der Waals surface area contributed by atoms with Gasteiger partial charge in [0.05, 0.1) is 12.2 Å². The van der Waals surface area contributed by atoms with Gasteiger partial charge in [-0.3, -0.25) is 0 Å². The largest absolute Gasteiger partial charge is 0.461 e. The number of ether oxygens (including phenoxy) is 2. The molecule has 1 saturated carbocycles. The van der Waals surface area contributed by atoms with Crippen LogP contribution in [0.2, 0.25) is 0 Å². The molecule has 2 N–H and O–H groups in total. The van der Waals surface area contributed by atoms with Gasteiger partial charge in [-0.05, 0) is 35.5 Å². The Hall–Kier alpha value is -3.60. The summed E-state index contributed by atoms with van der Waals surface area (Å²) in [4.78, 5) is 0. The molecule has 0 bridgehead atoms. The van der Waals surface area contributed by atoms with E-state index in [1.54, 1.807) is 0 Å². The highest BCUT2D eigenvalue weighted by Gasteiger charge is 2.47. The Labute approximate surface area is 238 Å². The normalized spacial score (nSPS) is 27.1. The first-order valence-electron chi connectivity index (χ1n) is 14.0. The van der Waals surface area contributed by atoms with E-state index in [4.69, 9.17) is 9.47 Å². The lowest BCUT2D eigenvalue weighted by molar-refractivity contribution is -0.110. The predicted octanol–water partition coefficient (Wildman–Crippen LogP) is 7.81. The Morgan fingerprint density at radius 2 is 0.900 bits per heavy atom. The lowest BCUT2D eigenvalue weighted by Crippen LogP contribution is -2.53. The van der Waals surface area contributed by atoms with Crippen molar-refractivity contribution in [3.05, 3.63) is 131 Å². The summed E-state index contributed by atoms with van der Waals surface area (Å²) in [5.74, 6) is 2.46. The first-order valence-corrected chi connectivity index (χ1v) is 14.0. The molecule has 3 aliphatic rings. The van der Waals surface area contributed by atoms with Gasteiger partial charge in [-0.1, -0.05) is 114 Å². The maximum atomic E-state index is 11.2. The van der Waals surface area contributed by atoms with Gasteiger partial charge in [-0.25, -0.2) is 0 Å². The van der Waals surface area contributed by atoms with E-state index >= 15 is 0 Å². The molecular weight excluding hydrogens is 496 g/mol. The Morgan fingerprint density at radius 3 is 1.23 bits per heavy atom. The van der Waals surface area contributed by atoms with Crippen molar-refractivity contribution in [1.82, 2.24) is 0 Å². The molecule has 2 heterocycles. The first kappa shape index (κ1) is 27.9. The van der Waals surface area contributed by atoms with E-state index in [0.29, 0.717) is 0 Å². The fourth-order valence-corrected chi connectivity index (χ4v) is 5.08. The number of benzene rings is 2. The predicted molar refractivity (Wildman–Crippen MR) is 161 cm³/mol. The SMILES string of the molecule is CC(C)(C)C1=C/C(=C/C2C(O)C(/C=C3\C=C(c4ccccc4)OC(C(C)(C)C)=C3)C2O)C=C(c2ccccc2)O1. The van der Waals surface area contributed by atoms with Gasteiger partial charge in [0.15, 0.2) is 0 Å². The molecule has 0 atom stereocenters. The number of hydrogen-bond donors (Lipinski definition) is 2. The van der Waals surface area contributed by atoms with Crippen molar-refractivity contribution >= 4 is 11.5 Å². The highest BCUT2D eigenvalue weighted by molar-refractivity contribution is 5.68. The molecule has 2 aromatic carbocycles. The molecule has 4 nitrogen and oxygen atoms in total. The van der Waals surface area contributed by atoms with Gasteiger partial charge < -0.3 is 19.7 Å². The Kier molecular flexibility index (Phi) is 7.52. The second-order valence-electron chi connectivity index (χ2n) is 12.9. The summed E-state index contributed by atoms with van der Waals surface area (Å²) in [6.45, 7) is 12.7. The van der Waals surface area contributed by atoms with Crippen molar-refractivity contribution in [2.45, 2.75) is 53.8 Å². The fourth-order valence-electron chi connectivity index (χ4n) is 5.08. The van der Waals surface area contributed by atoms with E-state index in [-0.39, 0.29) is 22.7 Å². The summed E-state index contributed by atoms with van der Waals surface area (Å²) in [6, 6.07) is 20.0. The molecule has 0 spiro atoms. The zero-order chi connectivity index (χ0) is 28.7. The number of hydrogen-bond acceptors (Lipinski definition) is 4. The summed E-state index contributed by atoms with van der Waals surface area (Å²) in [7, 11) is 0. The van der Waals surface area contributed by atoms with E-state index in [9.17, 15) is 10.2 Å². The number of rotatable bonds is 4. The van der Waals surface area contributed by atoms with Crippen LogP contribution in [0, 0.1) is 22.7 Å². The topological polar surface area (TPSA) is 58.9 Å². The molecule has 208 valence electrons. The van der Waals surface area contributed by atoms with Gasteiger partial charge in [-0.2, -0.15) is 0 Å². The third-order valence-corrected chi connectivity index (χ3v) is 7.57. The minimum absolute atomic E-state index is 0.194. The molecule has 2 aromatic rings. The fraction of sp³-hybridized carbons (Fsp3) is 0.333. The van der Waals surface area contributed by atoms with Crippen LogP contribution in [-0.2, 0) is 9.47 Å². The van der Waals surface area contributed by atoms with Crippen molar-refractivity contribution < 1.29 is 19.7 Å². The summed E-state index contributed by atoms with van der Waals surface area (Å²) in [6.07, 6.45) is 10.6. The third kappa shape index (κ3) is 5.94. The van der Waals surface area contributed by atoms with Crippen LogP contribution in [0.4, 0.5) is 0 Å². The lowest BCUT2D eigenvalue weighted by Gasteiger charge is -2.44. The molecule has 5 rings (SSSR count). The zero-order valence-electron chi connectivity index (χ0n) is 24.3. The molecule has 2 aliphatic heterocycles. The molecule has 1 fully saturated rings. The van der Waals surface area contributed by atoms with Crippen LogP contribution in [0.3, 0.4) is 0 Å². The van der Waals surface area contributed by atoms with Gasteiger partial charge in [0, 0.05) is 33.8 Å². The second-order valence-corrected chi connectivity index (χ2v) is 12.9. The lowest BCUT2D eigenvalue weighted by atomic mass is 9.67. The number of aliphatic hydroxyl groups is 2. The van der Waals surface area contributed by atoms with E-state index < -0.39 is 12.2 Å². The van der Waals surface area contributed by atoms with Crippen LogP contribution in [0.25, 0.3) is 11.5 Å². The van der Waals surface area contributed by atoms with Crippen LogP contribution in [-0.4, -0.2) is 22.4 Å². The standard InChI is InChI=1S/C36H40O4/c1-35(2,3)31-21-23(19-29(39-31)25-13-9-7-10-14-25)17-27-33(37)28(34(27)38)18-24-20-30(26-15-11-8-12-16-26)40-32(22-24)36(4,5)6/h7-22,27-28,33-34,37-38H,1-6H3/b23-17+,24-18+. The average Bonchev–Trinajstić information content (AvgIpc) is 2.94. The zero-order valence-corrected chi connectivity index (χ0v) is 24.3. The Balaban J connectivity index is 1.43. The molecule has 40 heavy (non-hydrogen) atoms. The van der Waals surface area contributed by atoms with Crippen molar-refractivity contribution in [3.63, 3.8) is 0 Å². The van der Waals surface area contributed by atoms with Gasteiger partial charge in [0.25, 0.3) is 0 Å². The van der Waals surface area contributed by atoms with E-state index in [0.717, 1.165) is 45.3 Å². The van der Waals surface area contributed by atoms with Crippen LogP contribution >= 0.6 is 0 Å². The van der Waals surface area contributed by atoms with Crippen LogP contribution in [0.5, 0.6) is 0 Å². The molecule has 0 saturated heterocycles. The summed E-state index contributed by atoms with van der Waals surface area (Å²) < 4.78 is 12.6. The molecule has 0 unspecified atom stereocenters. The molecule has 4 heteroatoms. The monoisotopic (exact) mass is 536 g/mol. The molecule has 1 aliphatic carbocycles. The van der Waals surface area contributed by atoms with Gasteiger partial charge in [0.2, 0.25) is 0 Å². The Bertz CT molecular complexity index is 1300. The highest BCUT2D eigenvalue weighted by atomic mass is 16.5. The summed E-state index contributed by atoms with van der Waals surface area (Å²) >= 11 is 0. The minimum Gasteiger partial charge on any atom is -0.461 e. The van der Waals surface area contributed by atoms with Crippen molar-refractivity contribution in [3.8, 4) is 0 Å². The third-order valence-electron chi connectivity index (χ3n) is 7.57. The molecule has 0 amide bonds. The van der Waals surface area contributed by atoms with Crippen molar-refractivity contribution in [2.24, 2.45) is 22.7 Å².